The van der Waals surface area contributed by atoms with Crippen LogP contribution < -0.4 is 9.46 Å². The molecule has 0 radical (unpaired) electrons. The molecule has 3 rings (SSSR count). The van der Waals surface area contributed by atoms with Crippen LogP contribution in [0.15, 0.2) is 65.6 Å². The molecule has 0 heterocycles. The smallest absolute Gasteiger partial charge is 0.307 e. The SMILES string of the molecule is CCOC(=O)CC(NS(=O)(=O)c1ccc(OCC)c2ccccc12)c1cccc([N+](=O)[O-])c1. The summed E-state index contributed by atoms with van der Waals surface area (Å²) >= 11 is 0. The van der Waals surface area contributed by atoms with Gasteiger partial charge in [0.05, 0.1) is 35.5 Å². The molecular weight excluding hydrogens is 448 g/mol. The van der Waals surface area contributed by atoms with E-state index in [1.54, 1.807) is 37.3 Å². The molecule has 0 aliphatic rings. The Labute approximate surface area is 191 Å². The van der Waals surface area contributed by atoms with Gasteiger partial charge in [0.15, 0.2) is 0 Å². The van der Waals surface area contributed by atoms with Crippen molar-refractivity contribution >= 4 is 32.5 Å². The van der Waals surface area contributed by atoms with E-state index >= 15 is 0 Å². The maximum Gasteiger partial charge on any atom is 0.307 e. The molecule has 0 aliphatic carbocycles. The van der Waals surface area contributed by atoms with Crippen LogP contribution in [0.3, 0.4) is 0 Å². The van der Waals surface area contributed by atoms with Crippen molar-refractivity contribution < 1.29 is 27.6 Å². The van der Waals surface area contributed by atoms with E-state index < -0.39 is 27.0 Å². The molecule has 0 spiro atoms. The maximum atomic E-state index is 13.4. The van der Waals surface area contributed by atoms with Crippen molar-refractivity contribution in [3.05, 3.63) is 76.3 Å². The zero-order chi connectivity index (χ0) is 24.0. The van der Waals surface area contributed by atoms with E-state index in [0.29, 0.717) is 23.1 Å². The molecule has 1 unspecified atom stereocenters. The van der Waals surface area contributed by atoms with Gasteiger partial charge in [-0.2, -0.15) is 0 Å². The molecule has 1 atom stereocenters. The summed E-state index contributed by atoms with van der Waals surface area (Å²) in [7, 11) is -4.14. The van der Waals surface area contributed by atoms with Crippen LogP contribution in [0.2, 0.25) is 0 Å². The van der Waals surface area contributed by atoms with Gasteiger partial charge >= 0.3 is 5.97 Å². The van der Waals surface area contributed by atoms with Crippen LogP contribution in [0, 0.1) is 10.1 Å². The molecule has 9 nitrogen and oxygen atoms in total. The standard InChI is InChI=1S/C23H24N2O7S/c1-3-31-21-12-13-22(19-11-6-5-10-18(19)21)33(29,30)24-20(15-23(26)32-4-2)16-8-7-9-17(14-16)25(27)28/h5-14,20,24H,3-4,15H2,1-2H3. The van der Waals surface area contributed by atoms with Gasteiger partial charge in [-0.3, -0.25) is 14.9 Å². The van der Waals surface area contributed by atoms with Crippen LogP contribution in [0.5, 0.6) is 5.75 Å². The number of carbonyl (C=O) groups excluding carboxylic acids is 1. The highest BCUT2D eigenvalue weighted by Crippen LogP contribution is 2.32. The fourth-order valence-corrected chi connectivity index (χ4v) is 4.92. The van der Waals surface area contributed by atoms with Gasteiger partial charge in [0.1, 0.15) is 5.75 Å². The molecule has 174 valence electrons. The molecule has 0 bridgehead atoms. The number of esters is 1. The van der Waals surface area contributed by atoms with Gasteiger partial charge in [0, 0.05) is 22.9 Å². The number of nitrogens with zero attached hydrogens (tertiary/aromatic N) is 1. The molecule has 33 heavy (non-hydrogen) atoms. The number of rotatable bonds is 10. The van der Waals surface area contributed by atoms with E-state index in [-0.39, 0.29) is 29.2 Å². The van der Waals surface area contributed by atoms with Crippen molar-refractivity contribution in [3.63, 3.8) is 0 Å². The quantitative estimate of drug-likeness (QED) is 0.267. The van der Waals surface area contributed by atoms with Gasteiger partial charge in [-0.25, -0.2) is 13.1 Å². The summed E-state index contributed by atoms with van der Waals surface area (Å²) in [6, 6.07) is 14.4. The number of non-ortho nitro benzene ring substituents is 1. The van der Waals surface area contributed by atoms with Crippen LogP contribution in [0.4, 0.5) is 5.69 Å². The normalized spacial score (nSPS) is 12.3. The van der Waals surface area contributed by atoms with Crippen LogP contribution in [0.25, 0.3) is 10.8 Å². The Kier molecular flexibility index (Phi) is 7.62. The molecule has 0 saturated carbocycles. The third kappa shape index (κ3) is 5.65. The molecule has 0 amide bonds. The minimum atomic E-state index is -4.14. The third-order valence-electron chi connectivity index (χ3n) is 4.89. The molecule has 1 N–H and O–H groups in total. The predicted octanol–water partition coefficient (Wildman–Crippen LogP) is 4.12. The van der Waals surface area contributed by atoms with Gasteiger partial charge in [0.25, 0.3) is 5.69 Å². The van der Waals surface area contributed by atoms with Gasteiger partial charge in [-0.1, -0.05) is 36.4 Å². The van der Waals surface area contributed by atoms with Crippen molar-refractivity contribution in [2.45, 2.75) is 31.2 Å². The number of sulfonamides is 1. The van der Waals surface area contributed by atoms with Gasteiger partial charge in [-0.05, 0) is 31.5 Å². The molecule has 0 aromatic heterocycles. The number of ether oxygens (including phenoxy) is 2. The number of nitrogens with one attached hydrogen (secondary N) is 1. The molecule has 10 heteroatoms. The summed E-state index contributed by atoms with van der Waals surface area (Å²) < 4.78 is 40.0. The van der Waals surface area contributed by atoms with Gasteiger partial charge in [-0.15, -0.1) is 0 Å². The Balaban J connectivity index is 2.05. The zero-order valence-corrected chi connectivity index (χ0v) is 19.0. The average molecular weight is 473 g/mol. The average Bonchev–Trinajstić information content (AvgIpc) is 2.79. The van der Waals surface area contributed by atoms with Crippen molar-refractivity contribution in [2.24, 2.45) is 0 Å². The second kappa shape index (κ2) is 10.4. The monoisotopic (exact) mass is 472 g/mol. The fourth-order valence-electron chi connectivity index (χ4n) is 3.48. The Morgan fingerprint density at radius 1 is 1.03 bits per heavy atom. The molecule has 0 fully saturated rings. The van der Waals surface area contributed by atoms with Crippen molar-refractivity contribution in [1.29, 1.82) is 0 Å². The van der Waals surface area contributed by atoms with Crippen LogP contribution in [0.1, 0.15) is 31.9 Å². The third-order valence-corrected chi connectivity index (χ3v) is 6.42. The molecule has 3 aromatic rings. The fraction of sp³-hybridized carbons (Fsp3) is 0.261. The number of nitro groups is 1. The highest BCUT2D eigenvalue weighted by Gasteiger charge is 2.27. The molecule has 0 saturated heterocycles. The topological polar surface area (TPSA) is 125 Å². The summed E-state index contributed by atoms with van der Waals surface area (Å²) in [4.78, 5) is 22.8. The number of nitro benzene ring substituents is 1. The van der Waals surface area contributed by atoms with E-state index in [9.17, 15) is 23.3 Å². The number of hydrogen-bond acceptors (Lipinski definition) is 7. The van der Waals surface area contributed by atoms with Crippen molar-refractivity contribution in [3.8, 4) is 5.75 Å². The highest BCUT2D eigenvalue weighted by atomic mass is 32.2. The lowest BCUT2D eigenvalue weighted by molar-refractivity contribution is -0.384. The minimum Gasteiger partial charge on any atom is -0.493 e. The lowest BCUT2D eigenvalue weighted by Crippen LogP contribution is -2.31. The summed E-state index contributed by atoms with van der Waals surface area (Å²) in [6.07, 6.45) is -0.330. The van der Waals surface area contributed by atoms with E-state index in [0.717, 1.165) is 0 Å². The molecule has 3 aromatic carbocycles. The molecular formula is C23H24N2O7S. The van der Waals surface area contributed by atoms with Crippen LogP contribution in [-0.2, 0) is 19.6 Å². The van der Waals surface area contributed by atoms with Crippen molar-refractivity contribution in [2.75, 3.05) is 13.2 Å². The summed E-state index contributed by atoms with van der Waals surface area (Å²) in [6.45, 7) is 4.01. The Bertz CT molecular complexity index is 1270. The first-order valence-electron chi connectivity index (χ1n) is 10.3. The van der Waals surface area contributed by atoms with Crippen molar-refractivity contribution in [1.82, 2.24) is 4.72 Å². The predicted molar refractivity (Wildman–Crippen MR) is 123 cm³/mol. The number of carbonyl (C=O) groups is 1. The second-order valence-electron chi connectivity index (χ2n) is 7.08. The van der Waals surface area contributed by atoms with E-state index in [4.69, 9.17) is 9.47 Å². The van der Waals surface area contributed by atoms with Crippen LogP contribution in [-0.4, -0.2) is 32.5 Å². The summed E-state index contributed by atoms with van der Waals surface area (Å²) in [5.74, 6) is -0.0814. The van der Waals surface area contributed by atoms with E-state index in [2.05, 4.69) is 4.72 Å². The first kappa shape index (κ1) is 24.1. The lowest BCUT2D eigenvalue weighted by atomic mass is 10.0. The van der Waals surface area contributed by atoms with E-state index in [1.165, 1.54) is 30.3 Å². The number of hydrogen-bond donors (Lipinski definition) is 1. The summed E-state index contributed by atoms with van der Waals surface area (Å²) in [5, 5.41) is 12.3. The largest absolute Gasteiger partial charge is 0.493 e. The first-order valence-corrected chi connectivity index (χ1v) is 11.8. The molecule has 0 aliphatic heterocycles. The lowest BCUT2D eigenvalue weighted by Gasteiger charge is -2.20. The minimum absolute atomic E-state index is 0.000780. The highest BCUT2D eigenvalue weighted by molar-refractivity contribution is 7.89. The number of fused-ring (bicyclic) bond motifs is 1. The van der Waals surface area contributed by atoms with Gasteiger partial charge < -0.3 is 9.47 Å². The second-order valence-corrected chi connectivity index (χ2v) is 8.76. The van der Waals surface area contributed by atoms with Gasteiger partial charge in [0.2, 0.25) is 10.0 Å². The first-order chi connectivity index (χ1) is 15.8. The Morgan fingerprint density at radius 3 is 2.42 bits per heavy atom. The summed E-state index contributed by atoms with van der Waals surface area (Å²) in [5.41, 5.74) is 0.0585. The Hall–Kier alpha value is -3.50. The zero-order valence-electron chi connectivity index (χ0n) is 18.2. The van der Waals surface area contributed by atoms with Crippen LogP contribution >= 0.6 is 0 Å². The maximum absolute atomic E-state index is 13.4. The van der Waals surface area contributed by atoms with E-state index in [1.807, 2.05) is 6.92 Å². The number of benzene rings is 3. The Morgan fingerprint density at radius 2 is 1.76 bits per heavy atom.